The van der Waals surface area contributed by atoms with E-state index in [0.29, 0.717) is 19.4 Å². The summed E-state index contributed by atoms with van der Waals surface area (Å²) in [5.41, 5.74) is 1.11. The molecule has 0 radical (unpaired) electrons. The average molecular weight is 272 g/mol. The molecular weight excluding hydrogens is 253 g/mol. The average Bonchev–Trinajstić information content (AvgIpc) is 2.37. The lowest BCUT2D eigenvalue weighted by atomic mass is 9.85. The Morgan fingerprint density at radius 2 is 1.63 bits per heavy atom. The molecule has 0 amide bonds. The highest BCUT2D eigenvalue weighted by Crippen LogP contribution is 2.35. The third-order valence-corrected chi connectivity index (χ3v) is 3.64. The van der Waals surface area contributed by atoms with Gasteiger partial charge in [0.2, 0.25) is 0 Å². The summed E-state index contributed by atoms with van der Waals surface area (Å²) in [6.07, 6.45) is -1.82. The van der Waals surface area contributed by atoms with Crippen molar-refractivity contribution in [1.29, 1.82) is 0 Å². The Morgan fingerprint density at radius 3 is 2.21 bits per heavy atom. The molecule has 1 nitrogen and oxygen atoms in total. The molecule has 19 heavy (non-hydrogen) atoms. The van der Waals surface area contributed by atoms with Gasteiger partial charge in [-0.25, -0.2) is 0 Å². The maximum atomic E-state index is 12.3. The lowest BCUT2D eigenvalue weighted by Gasteiger charge is -2.29. The smallest absolute Gasteiger partial charge is 0.374 e. The van der Waals surface area contributed by atoms with Crippen LogP contribution in [0.25, 0.3) is 0 Å². The van der Waals surface area contributed by atoms with Crippen molar-refractivity contribution >= 4 is 0 Å². The molecule has 0 aromatic heterocycles. The first-order chi connectivity index (χ1) is 9.03. The number of alkyl halides is 3. The topological polar surface area (TPSA) is 9.23 Å². The van der Waals surface area contributed by atoms with Gasteiger partial charge in [-0.1, -0.05) is 30.3 Å². The fourth-order valence-electron chi connectivity index (χ4n) is 2.62. The molecule has 0 spiro atoms. The Balaban J connectivity index is 1.69. The van der Waals surface area contributed by atoms with E-state index in [4.69, 9.17) is 4.74 Å². The van der Waals surface area contributed by atoms with Crippen molar-refractivity contribution in [1.82, 2.24) is 0 Å². The summed E-state index contributed by atoms with van der Waals surface area (Å²) < 4.78 is 42.6. The van der Waals surface area contributed by atoms with Crippen LogP contribution >= 0.6 is 0 Å². The number of rotatable bonds is 4. The maximum absolute atomic E-state index is 12.3. The summed E-state index contributed by atoms with van der Waals surface area (Å²) >= 11 is 0. The van der Waals surface area contributed by atoms with E-state index in [1.54, 1.807) is 0 Å². The van der Waals surface area contributed by atoms with Crippen LogP contribution in [-0.4, -0.2) is 12.3 Å². The van der Waals surface area contributed by atoms with Gasteiger partial charge in [0.25, 0.3) is 0 Å². The van der Waals surface area contributed by atoms with E-state index in [9.17, 15) is 13.2 Å². The maximum Gasteiger partial charge on any atom is 0.389 e. The van der Waals surface area contributed by atoms with Crippen molar-refractivity contribution in [3.8, 4) is 0 Å². The highest BCUT2D eigenvalue weighted by atomic mass is 19.4. The van der Waals surface area contributed by atoms with Gasteiger partial charge in [0.15, 0.2) is 0 Å². The highest BCUT2D eigenvalue weighted by Gasteiger charge is 2.33. The molecule has 0 unspecified atom stereocenters. The zero-order chi connectivity index (χ0) is 13.7. The highest BCUT2D eigenvalue weighted by molar-refractivity contribution is 5.13. The Kier molecular flexibility index (Phi) is 4.86. The molecule has 1 aliphatic rings. The van der Waals surface area contributed by atoms with Gasteiger partial charge in [-0.2, -0.15) is 13.2 Å². The normalized spacial score (nSPS) is 24.4. The molecule has 1 aliphatic carbocycles. The van der Waals surface area contributed by atoms with Crippen molar-refractivity contribution in [2.45, 2.75) is 51.0 Å². The van der Waals surface area contributed by atoms with Gasteiger partial charge in [0.05, 0.1) is 12.7 Å². The monoisotopic (exact) mass is 272 g/mol. The van der Waals surface area contributed by atoms with Crippen molar-refractivity contribution in [3.05, 3.63) is 35.9 Å². The van der Waals surface area contributed by atoms with Crippen LogP contribution in [0.15, 0.2) is 30.3 Å². The molecule has 106 valence electrons. The molecule has 0 bridgehead atoms. The number of ether oxygens (including phenoxy) is 1. The Hall–Kier alpha value is -1.03. The van der Waals surface area contributed by atoms with Crippen molar-refractivity contribution in [2.24, 2.45) is 5.92 Å². The fourth-order valence-corrected chi connectivity index (χ4v) is 2.62. The summed E-state index contributed by atoms with van der Waals surface area (Å²) in [6, 6.07) is 9.86. The lowest BCUT2D eigenvalue weighted by Crippen LogP contribution is -2.25. The van der Waals surface area contributed by atoms with Gasteiger partial charge in [-0.05, 0) is 37.2 Å². The van der Waals surface area contributed by atoms with Gasteiger partial charge >= 0.3 is 6.18 Å². The molecule has 1 fully saturated rings. The quantitative estimate of drug-likeness (QED) is 0.771. The number of benzene rings is 1. The third kappa shape index (κ3) is 5.23. The molecule has 2 rings (SSSR count). The van der Waals surface area contributed by atoms with E-state index in [0.717, 1.165) is 18.4 Å². The minimum absolute atomic E-state index is 0.115. The first kappa shape index (κ1) is 14.4. The minimum atomic E-state index is -4.03. The van der Waals surface area contributed by atoms with Crippen molar-refractivity contribution in [2.75, 3.05) is 0 Å². The van der Waals surface area contributed by atoms with Gasteiger partial charge in [-0.3, -0.25) is 0 Å². The van der Waals surface area contributed by atoms with E-state index >= 15 is 0 Å². The Bertz CT molecular complexity index is 367. The van der Waals surface area contributed by atoms with E-state index < -0.39 is 12.6 Å². The molecule has 0 saturated heterocycles. The first-order valence-corrected chi connectivity index (χ1v) is 6.75. The van der Waals surface area contributed by atoms with E-state index in [1.165, 1.54) is 0 Å². The zero-order valence-electron chi connectivity index (χ0n) is 10.8. The molecule has 1 aromatic rings. The summed E-state index contributed by atoms with van der Waals surface area (Å²) in [5.74, 6) is -0.212. The molecule has 4 heteroatoms. The second kappa shape index (κ2) is 6.42. The van der Waals surface area contributed by atoms with Crippen molar-refractivity contribution < 1.29 is 17.9 Å². The summed E-state index contributed by atoms with van der Waals surface area (Å²) in [7, 11) is 0. The van der Waals surface area contributed by atoms with Gasteiger partial charge in [0, 0.05) is 6.42 Å². The molecule has 1 aromatic carbocycles. The summed E-state index contributed by atoms with van der Waals surface area (Å²) in [6.45, 7) is 0.551. The molecular formula is C15H19F3O. The van der Waals surface area contributed by atoms with Crippen LogP contribution in [0.4, 0.5) is 13.2 Å². The minimum Gasteiger partial charge on any atom is -0.374 e. The Labute approximate surface area is 111 Å². The zero-order valence-corrected chi connectivity index (χ0v) is 10.8. The van der Waals surface area contributed by atoms with Gasteiger partial charge < -0.3 is 4.74 Å². The van der Waals surface area contributed by atoms with Gasteiger partial charge in [0.1, 0.15) is 0 Å². The molecule has 1 saturated carbocycles. The molecule has 0 atom stereocenters. The number of hydrogen-bond donors (Lipinski definition) is 0. The van der Waals surface area contributed by atoms with Crippen LogP contribution < -0.4 is 0 Å². The predicted octanol–water partition coefficient (Wildman–Crippen LogP) is 4.71. The predicted molar refractivity (Wildman–Crippen MR) is 67.6 cm³/mol. The SMILES string of the molecule is FC(F)(F)CC1CCC(OCc2ccccc2)CC1. The standard InChI is InChI=1S/C15H19F3O/c16-15(17,18)10-12-6-8-14(9-7-12)19-11-13-4-2-1-3-5-13/h1-5,12,14H,6-11H2. The summed E-state index contributed by atoms with van der Waals surface area (Å²) in [4.78, 5) is 0. The summed E-state index contributed by atoms with van der Waals surface area (Å²) in [5, 5.41) is 0. The second-order valence-corrected chi connectivity index (χ2v) is 5.26. The van der Waals surface area contributed by atoms with Crippen LogP contribution in [0.1, 0.15) is 37.7 Å². The lowest BCUT2D eigenvalue weighted by molar-refractivity contribution is -0.148. The molecule has 0 N–H and O–H groups in total. The number of hydrogen-bond acceptors (Lipinski definition) is 1. The third-order valence-electron chi connectivity index (χ3n) is 3.64. The largest absolute Gasteiger partial charge is 0.389 e. The van der Waals surface area contributed by atoms with Crippen molar-refractivity contribution in [3.63, 3.8) is 0 Å². The van der Waals surface area contributed by atoms with E-state index in [-0.39, 0.29) is 12.0 Å². The van der Waals surface area contributed by atoms with Crippen LogP contribution in [0.3, 0.4) is 0 Å². The second-order valence-electron chi connectivity index (χ2n) is 5.26. The van der Waals surface area contributed by atoms with Gasteiger partial charge in [-0.15, -0.1) is 0 Å². The Morgan fingerprint density at radius 1 is 1.00 bits per heavy atom. The molecule has 0 heterocycles. The van der Waals surface area contributed by atoms with Crippen LogP contribution in [0.2, 0.25) is 0 Å². The number of halogens is 3. The van der Waals surface area contributed by atoms with E-state index in [2.05, 4.69) is 0 Å². The van der Waals surface area contributed by atoms with Crippen LogP contribution in [0.5, 0.6) is 0 Å². The van der Waals surface area contributed by atoms with Crippen LogP contribution in [-0.2, 0) is 11.3 Å². The fraction of sp³-hybridized carbons (Fsp3) is 0.600. The van der Waals surface area contributed by atoms with Crippen LogP contribution in [0, 0.1) is 5.92 Å². The first-order valence-electron chi connectivity index (χ1n) is 6.75. The molecule has 0 aliphatic heterocycles. The van der Waals surface area contributed by atoms with E-state index in [1.807, 2.05) is 30.3 Å².